The number of aromatic hydroxyl groups is 1. The highest BCUT2D eigenvalue weighted by Gasteiger charge is 2.66. The van der Waals surface area contributed by atoms with Gasteiger partial charge in [-0.25, -0.2) is 0 Å². The van der Waals surface area contributed by atoms with Crippen molar-refractivity contribution < 1.29 is 19.4 Å². The van der Waals surface area contributed by atoms with E-state index in [9.17, 15) is 9.90 Å². The van der Waals surface area contributed by atoms with Crippen LogP contribution in [0.15, 0.2) is 36.4 Å². The molecule has 2 saturated carbocycles. The molecule has 6 atom stereocenters. The number of piperidine rings is 1. The van der Waals surface area contributed by atoms with Gasteiger partial charge in [0.15, 0.2) is 23.4 Å². The molecule has 3 unspecified atom stereocenters. The van der Waals surface area contributed by atoms with Crippen molar-refractivity contribution in [3.8, 4) is 11.5 Å². The molecule has 7 rings (SSSR count). The fourth-order valence-electron chi connectivity index (χ4n) is 8.30. The number of methoxy groups -OCH3 is 1. The van der Waals surface area contributed by atoms with Crippen LogP contribution >= 0.6 is 0 Å². The summed E-state index contributed by atoms with van der Waals surface area (Å²) in [7, 11) is 1.74. The van der Waals surface area contributed by atoms with Gasteiger partial charge in [-0.05, 0) is 68.5 Å². The van der Waals surface area contributed by atoms with E-state index in [0.29, 0.717) is 24.1 Å². The Morgan fingerprint density at radius 1 is 1.25 bits per heavy atom. The van der Waals surface area contributed by atoms with E-state index in [2.05, 4.69) is 36.9 Å². The van der Waals surface area contributed by atoms with Gasteiger partial charge in [0.1, 0.15) is 0 Å². The van der Waals surface area contributed by atoms with Crippen molar-refractivity contribution in [3.63, 3.8) is 0 Å². The molecule has 36 heavy (non-hydrogen) atoms. The summed E-state index contributed by atoms with van der Waals surface area (Å²) >= 11 is 0. The van der Waals surface area contributed by atoms with Crippen molar-refractivity contribution in [1.82, 2.24) is 4.90 Å². The molecule has 2 aromatic rings. The van der Waals surface area contributed by atoms with Crippen LogP contribution in [0.4, 0.5) is 0 Å². The maximum atomic E-state index is 13.3. The number of phenols is 1. The largest absolute Gasteiger partial charge is 0.504 e. The van der Waals surface area contributed by atoms with Crippen molar-refractivity contribution in [2.24, 2.45) is 11.8 Å². The predicted octanol–water partition coefficient (Wildman–Crippen LogP) is 5.08. The average molecular weight is 488 g/mol. The molecular weight excluding hydrogens is 450 g/mol. The van der Waals surface area contributed by atoms with Gasteiger partial charge in [-0.2, -0.15) is 0 Å². The van der Waals surface area contributed by atoms with Gasteiger partial charge in [0.05, 0.1) is 5.60 Å². The van der Waals surface area contributed by atoms with Crippen molar-refractivity contribution in [2.75, 3.05) is 20.2 Å². The lowest BCUT2D eigenvalue weighted by molar-refractivity contribution is -0.138. The third kappa shape index (κ3) is 2.93. The number of rotatable bonds is 6. The lowest BCUT2D eigenvalue weighted by Crippen LogP contribution is -2.66. The Morgan fingerprint density at radius 3 is 2.75 bits per heavy atom. The fourth-order valence-corrected chi connectivity index (χ4v) is 8.30. The highest BCUT2D eigenvalue weighted by atomic mass is 16.5. The second-order valence-corrected chi connectivity index (χ2v) is 12.2. The van der Waals surface area contributed by atoms with Crippen molar-refractivity contribution >= 4 is 5.78 Å². The van der Waals surface area contributed by atoms with E-state index >= 15 is 0 Å². The summed E-state index contributed by atoms with van der Waals surface area (Å²) in [5.74, 6) is 2.16. The first-order valence-electron chi connectivity index (χ1n) is 13.8. The zero-order valence-corrected chi connectivity index (χ0v) is 21.6. The Balaban J connectivity index is 1.37. The number of ketones is 1. The standard InChI is InChI=1S/C31H37NO4/c1-18(30(2,35-3)21-7-5-4-6-8-21)22-15-20-16-24-23-11-12-25(33)29-31(23,26(20)28(36-29)27(22)34)13-14-32(24)17-19-9-10-19/h4-8,15,18-19,23-24,29,34H,9-14,16-17H2,1-3H3/t18?,23-,24+,29?,30?,31-/m0/s1. The molecule has 0 aromatic heterocycles. The second kappa shape index (κ2) is 7.82. The minimum absolute atomic E-state index is 0.119. The van der Waals surface area contributed by atoms with E-state index in [1.54, 1.807) is 7.11 Å². The molecule has 2 aliphatic heterocycles. The number of ether oxygens (including phenoxy) is 2. The molecule has 2 bridgehead atoms. The van der Waals surface area contributed by atoms with Crippen LogP contribution in [-0.2, 0) is 27.0 Å². The molecule has 2 aromatic carbocycles. The van der Waals surface area contributed by atoms with Gasteiger partial charge in [-0.3, -0.25) is 9.69 Å². The molecule has 3 aliphatic carbocycles. The van der Waals surface area contributed by atoms with Crippen LogP contribution in [0.1, 0.15) is 74.1 Å². The fraction of sp³-hybridized carbons (Fsp3) is 0.581. The first-order valence-corrected chi connectivity index (χ1v) is 13.8. The second-order valence-electron chi connectivity index (χ2n) is 12.2. The molecule has 5 nitrogen and oxygen atoms in total. The molecule has 5 aliphatic rings. The van der Waals surface area contributed by atoms with Crippen LogP contribution in [-0.4, -0.2) is 48.1 Å². The Labute approximate surface area is 213 Å². The molecule has 0 amide bonds. The van der Waals surface area contributed by atoms with Gasteiger partial charge in [0.2, 0.25) is 0 Å². The van der Waals surface area contributed by atoms with Gasteiger partial charge in [-0.1, -0.05) is 43.3 Å². The highest BCUT2D eigenvalue weighted by molar-refractivity contribution is 5.89. The zero-order valence-electron chi connectivity index (χ0n) is 21.6. The van der Waals surface area contributed by atoms with Gasteiger partial charge in [0, 0.05) is 48.6 Å². The minimum atomic E-state index is -0.621. The van der Waals surface area contributed by atoms with Crippen LogP contribution < -0.4 is 4.74 Å². The summed E-state index contributed by atoms with van der Waals surface area (Å²) < 4.78 is 12.7. The molecule has 1 N–H and O–H groups in total. The molecule has 1 saturated heterocycles. The maximum absolute atomic E-state index is 13.3. The summed E-state index contributed by atoms with van der Waals surface area (Å²) in [5, 5.41) is 11.7. The Morgan fingerprint density at radius 2 is 2.03 bits per heavy atom. The summed E-state index contributed by atoms with van der Waals surface area (Å²) in [5.41, 5.74) is 3.46. The smallest absolute Gasteiger partial charge is 0.174 e. The molecule has 0 radical (unpaired) electrons. The van der Waals surface area contributed by atoms with Crippen molar-refractivity contribution in [2.45, 2.75) is 81.5 Å². The lowest BCUT2D eigenvalue weighted by atomic mass is 9.51. The van der Waals surface area contributed by atoms with E-state index in [0.717, 1.165) is 48.4 Å². The van der Waals surface area contributed by atoms with E-state index in [1.165, 1.54) is 24.9 Å². The molecule has 2 heterocycles. The Bertz CT molecular complexity index is 1220. The topological polar surface area (TPSA) is 59.0 Å². The number of nitrogens with zero attached hydrogens (tertiary/aromatic N) is 1. The van der Waals surface area contributed by atoms with Gasteiger partial charge < -0.3 is 14.6 Å². The number of Topliss-reactive ketones (excluding diaryl/α,β-unsaturated/α-hetero) is 1. The Kier molecular flexibility index (Phi) is 4.95. The number of phenolic OH excluding ortho intramolecular Hbond substituents is 1. The number of carbonyl (C=O) groups is 1. The Hall–Kier alpha value is -2.37. The van der Waals surface area contributed by atoms with Gasteiger partial charge in [0.25, 0.3) is 0 Å². The third-order valence-corrected chi connectivity index (χ3v) is 10.6. The van der Waals surface area contributed by atoms with Crippen LogP contribution in [0.5, 0.6) is 11.5 Å². The van der Waals surface area contributed by atoms with Crippen LogP contribution in [0, 0.1) is 11.8 Å². The molecule has 3 fully saturated rings. The average Bonchev–Trinajstić information content (AvgIpc) is 3.65. The molecule has 1 spiro atoms. The predicted molar refractivity (Wildman–Crippen MR) is 138 cm³/mol. The van der Waals surface area contributed by atoms with E-state index < -0.39 is 11.7 Å². The summed E-state index contributed by atoms with van der Waals surface area (Å²) in [6, 6.07) is 12.9. The van der Waals surface area contributed by atoms with Crippen molar-refractivity contribution in [3.05, 3.63) is 58.7 Å². The SMILES string of the molecule is COC(C)(c1ccccc1)C(C)c1cc2c3c(c1O)OC1C(=O)CC[C@H]4[C@@H](C2)N(CC2CC2)CC[C@]314. The van der Waals surface area contributed by atoms with Crippen molar-refractivity contribution in [1.29, 1.82) is 0 Å². The monoisotopic (exact) mass is 487 g/mol. The number of benzene rings is 2. The normalized spacial score (nSPS) is 33.0. The summed E-state index contributed by atoms with van der Waals surface area (Å²) in [6.07, 6.45) is 5.72. The first-order chi connectivity index (χ1) is 17.4. The lowest BCUT2D eigenvalue weighted by Gasteiger charge is -2.57. The number of likely N-dealkylation sites (tertiary alicyclic amines) is 1. The minimum Gasteiger partial charge on any atom is -0.504 e. The van der Waals surface area contributed by atoms with E-state index in [-0.39, 0.29) is 22.9 Å². The quantitative estimate of drug-likeness (QED) is 0.616. The van der Waals surface area contributed by atoms with Gasteiger partial charge >= 0.3 is 0 Å². The maximum Gasteiger partial charge on any atom is 0.174 e. The molecule has 5 heteroatoms. The van der Waals surface area contributed by atoms with Gasteiger partial charge in [-0.15, -0.1) is 0 Å². The number of carbonyl (C=O) groups excluding carboxylic acids is 1. The number of hydrogen-bond acceptors (Lipinski definition) is 5. The van der Waals surface area contributed by atoms with Crippen LogP contribution in [0.2, 0.25) is 0 Å². The van der Waals surface area contributed by atoms with E-state index in [4.69, 9.17) is 9.47 Å². The number of hydrogen-bond donors (Lipinski definition) is 1. The molecular formula is C31H37NO4. The zero-order chi connectivity index (χ0) is 24.8. The molecule has 190 valence electrons. The summed E-state index contributed by atoms with van der Waals surface area (Å²) in [4.78, 5) is 16.0. The van der Waals surface area contributed by atoms with Crippen LogP contribution in [0.3, 0.4) is 0 Å². The van der Waals surface area contributed by atoms with E-state index in [1.807, 2.05) is 18.2 Å². The van der Waals surface area contributed by atoms with Crippen LogP contribution in [0.25, 0.3) is 0 Å². The first kappa shape index (κ1) is 22.8. The highest BCUT2D eigenvalue weighted by Crippen LogP contribution is 2.64. The third-order valence-electron chi connectivity index (χ3n) is 10.6. The summed E-state index contributed by atoms with van der Waals surface area (Å²) in [6.45, 7) is 6.44.